The van der Waals surface area contributed by atoms with Crippen molar-refractivity contribution in [2.45, 2.75) is 32.5 Å². The van der Waals surface area contributed by atoms with Crippen molar-refractivity contribution in [3.8, 4) is 0 Å². The van der Waals surface area contributed by atoms with E-state index in [4.69, 9.17) is 4.84 Å². The number of carbonyl (C=O) groups excluding carboxylic acids is 1. The largest absolute Gasteiger partial charge is 0.400 e. The van der Waals surface area contributed by atoms with E-state index in [0.717, 1.165) is 12.0 Å². The predicted octanol–water partition coefficient (Wildman–Crippen LogP) is 2.19. The Morgan fingerprint density at radius 2 is 2.15 bits per heavy atom. The molecular formula is C12H14F3N3O2. The van der Waals surface area contributed by atoms with E-state index in [1.807, 2.05) is 0 Å². The Morgan fingerprint density at radius 1 is 1.45 bits per heavy atom. The molecule has 0 spiro atoms. The first-order chi connectivity index (χ1) is 9.30. The zero-order valence-electron chi connectivity index (χ0n) is 11.0. The molecule has 1 aliphatic heterocycles. The number of nitrogens with zero attached hydrogens (tertiary/aromatic N) is 3. The highest BCUT2D eigenvalue weighted by molar-refractivity contribution is 5.78. The Balaban J connectivity index is 2.19. The number of hydroxylamine groups is 2. The Morgan fingerprint density at radius 3 is 2.70 bits per heavy atom. The summed E-state index contributed by atoms with van der Waals surface area (Å²) >= 11 is 0. The minimum Gasteiger partial charge on any atom is -0.272 e. The number of rotatable bonds is 2. The molecule has 2 atom stereocenters. The average Bonchev–Trinajstić information content (AvgIpc) is 2.86. The van der Waals surface area contributed by atoms with E-state index in [2.05, 4.69) is 9.97 Å². The van der Waals surface area contributed by atoms with Crippen LogP contribution in [0.2, 0.25) is 0 Å². The number of aryl methyl sites for hydroxylation is 1. The minimum absolute atomic E-state index is 0.177. The molecule has 1 saturated heterocycles. The van der Waals surface area contributed by atoms with Gasteiger partial charge in [-0.3, -0.25) is 19.6 Å². The van der Waals surface area contributed by atoms with Gasteiger partial charge in [0, 0.05) is 12.6 Å². The van der Waals surface area contributed by atoms with Gasteiger partial charge < -0.3 is 0 Å². The van der Waals surface area contributed by atoms with E-state index < -0.39 is 24.0 Å². The lowest BCUT2D eigenvalue weighted by atomic mass is 10.1. The molecule has 110 valence electrons. The van der Waals surface area contributed by atoms with Crippen LogP contribution < -0.4 is 0 Å². The summed E-state index contributed by atoms with van der Waals surface area (Å²) in [6, 6.07) is -0.625. The lowest BCUT2D eigenvalue weighted by molar-refractivity contribution is -0.213. The zero-order chi connectivity index (χ0) is 14.9. The lowest BCUT2D eigenvalue weighted by Gasteiger charge is -2.25. The second-order valence-corrected chi connectivity index (χ2v) is 4.65. The van der Waals surface area contributed by atoms with Crippen molar-refractivity contribution in [3.63, 3.8) is 0 Å². The fourth-order valence-corrected chi connectivity index (χ4v) is 1.86. The molecule has 1 aliphatic rings. The normalized spacial score (nSPS) is 21.1. The van der Waals surface area contributed by atoms with Crippen LogP contribution in [-0.4, -0.2) is 33.7 Å². The van der Waals surface area contributed by atoms with Gasteiger partial charge in [0.25, 0.3) is 5.91 Å². The van der Waals surface area contributed by atoms with Gasteiger partial charge in [-0.05, 0) is 13.8 Å². The highest BCUT2D eigenvalue weighted by Crippen LogP contribution is 2.34. The van der Waals surface area contributed by atoms with Gasteiger partial charge >= 0.3 is 6.18 Å². The lowest BCUT2D eigenvalue weighted by Crippen LogP contribution is -2.40. The van der Waals surface area contributed by atoms with Crippen molar-refractivity contribution in [3.05, 3.63) is 23.8 Å². The topological polar surface area (TPSA) is 55.3 Å². The van der Waals surface area contributed by atoms with Crippen molar-refractivity contribution < 1.29 is 22.8 Å². The summed E-state index contributed by atoms with van der Waals surface area (Å²) in [4.78, 5) is 25.0. The zero-order valence-corrected chi connectivity index (χ0v) is 11.0. The summed E-state index contributed by atoms with van der Waals surface area (Å²) in [5, 5.41) is 0.775. The summed E-state index contributed by atoms with van der Waals surface area (Å²) < 4.78 is 37.8. The molecule has 0 bridgehead atoms. The second kappa shape index (κ2) is 5.35. The van der Waals surface area contributed by atoms with Crippen LogP contribution >= 0.6 is 0 Å². The summed E-state index contributed by atoms with van der Waals surface area (Å²) in [5.41, 5.74) is 1.12. The van der Waals surface area contributed by atoms with Crippen molar-refractivity contribution in [1.29, 1.82) is 0 Å². The first-order valence-corrected chi connectivity index (χ1v) is 6.12. The molecule has 8 heteroatoms. The number of carbonyl (C=O) groups is 1. The number of amides is 1. The maximum atomic E-state index is 12.6. The fraction of sp³-hybridized carbons (Fsp3) is 0.583. The van der Waals surface area contributed by atoms with Crippen LogP contribution in [0.1, 0.15) is 30.8 Å². The monoisotopic (exact) mass is 289 g/mol. The third kappa shape index (κ3) is 2.90. The van der Waals surface area contributed by atoms with Gasteiger partial charge in [-0.15, -0.1) is 0 Å². The molecule has 0 radical (unpaired) electrons. The van der Waals surface area contributed by atoms with Crippen LogP contribution in [0.25, 0.3) is 0 Å². The third-order valence-corrected chi connectivity index (χ3v) is 3.13. The number of hydrogen-bond donors (Lipinski definition) is 0. The number of aromatic nitrogens is 2. The molecule has 0 aromatic carbocycles. The first kappa shape index (κ1) is 14.7. The van der Waals surface area contributed by atoms with E-state index >= 15 is 0 Å². The van der Waals surface area contributed by atoms with Crippen molar-refractivity contribution in [1.82, 2.24) is 15.0 Å². The molecule has 20 heavy (non-hydrogen) atoms. The van der Waals surface area contributed by atoms with Crippen LogP contribution in [0.15, 0.2) is 12.4 Å². The van der Waals surface area contributed by atoms with Gasteiger partial charge in [0.05, 0.1) is 24.2 Å². The van der Waals surface area contributed by atoms with Gasteiger partial charge in [0.2, 0.25) is 0 Å². The Bertz CT molecular complexity index is 490. The minimum atomic E-state index is -4.59. The van der Waals surface area contributed by atoms with E-state index in [-0.39, 0.29) is 6.61 Å². The van der Waals surface area contributed by atoms with E-state index in [9.17, 15) is 18.0 Å². The third-order valence-electron chi connectivity index (χ3n) is 3.13. The standard InChI is InChI=1S/C12H14F3N3O2/c1-7-5-17-9(6-16-7)10-3-4-20-18(10)11(19)8(2)12(13,14)15/h5-6,8,10H,3-4H2,1-2H3/t8-,10-/m0/s1. The molecule has 0 aliphatic carbocycles. The average molecular weight is 289 g/mol. The number of hydrogen-bond acceptors (Lipinski definition) is 4. The van der Waals surface area contributed by atoms with Gasteiger partial charge in [-0.1, -0.05) is 0 Å². The molecule has 1 aromatic rings. The quantitative estimate of drug-likeness (QED) is 0.837. The van der Waals surface area contributed by atoms with Crippen LogP contribution in [0.5, 0.6) is 0 Å². The van der Waals surface area contributed by atoms with E-state index in [1.165, 1.54) is 12.4 Å². The molecule has 2 rings (SSSR count). The van der Waals surface area contributed by atoms with Crippen LogP contribution in [0.3, 0.4) is 0 Å². The molecule has 5 nitrogen and oxygen atoms in total. The molecule has 1 fully saturated rings. The molecule has 1 amide bonds. The smallest absolute Gasteiger partial charge is 0.272 e. The summed E-state index contributed by atoms with van der Waals surface area (Å²) in [5.74, 6) is -3.22. The molecule has 2 heterocycles. The van der Waals surface area contributed by atoms with Gasteiger partial charge in [-0.25, -0.2) is 5.06 Å². The van der Waals surface area contributed by atoms with Gasteiger partial charge in [-0.2, -0.15) is 13.2 Å². The molecule has 0 N–H and O–H groups in total. The highest BCUT2D eigenvalue weighted by Gasteiger charge is 2.46. The SMILES string of the molecule is Cc1cnc([C@@H]2CCON2C(=O)[C@H](C)C(F)(F)F)cn1. The number of alkyl halides is 3. The van der Waals surface area contributed by atoms with Crippen LogP contribution in [0, 0.1) is 12.8 Å². The Hall–Kier alpha value is -1.70. The maximum Gasteiger partial charge on any atom is 0.400 e. The van der Waals surface area contributed by atoms with Gasteiger partial charge in [0.15, 0.2) is 0 Å². The summed E-state index contributed by atoms with van der Waals surface area (Å²) in [7, 11) is 0. The van der Waals surface area contributed by atoms with Crippen molar-refractivity contribution in [2.24, 2.45) is 5.92 Å². The maximum absolute atomic E-state index is 12.6. The number of halogens is 3. The Labute approximate surface area is 113 Å². The van der Waals surface area contributed by atoms with Crippen molar-refractivity contribution >= 4 is 5.91 Å². The molecule has 1 aromatic heterocycles. The fourth-order valence-electron chi connectivity index (χ4n) is 1.86. The second-order valence-electron chi connectivity index (χ2n) is 4.65. The van der Waals surface area contributed by atoms with E-state index in [0.29, 0.717) is 17.8 Å². The van der Waals surface area contributed by atoms with Crippen LogP contribution in [-0.2, 0) is 9.63 Å². The summed E-state index contributed by atoms with van der Waals surface area (Å²) in [6.07, 6.45) is -1.24. The molecule has 0 saturated carbocycles. The van der Waals surface area contributed by atoms with Crippen molar-refractivity contribution in [2.75, 3.05) is 6.61 Å². The highest BCUT2D eigenvalue weighted by atomic mass is 19.4. The van der Waals surface area contributed by atoms with Crippen LogP contribution in [0.4, 0.5) is 13.2 Å². The van der Waals surface area contributed by atoms with E-state index in [1.54, 1.807) is 6.92 Å². The first-order valence-electron chi connectivity index (χ1n) is 6.12. The predicted molar refractivity (Wildman–Crippen MR) is 62.1 cm³/mol. The molecule has 0 unspecified atom stereocenters. The summed E-state index contributed by atoms with van der Waals surface area (Å²) in [6.45, 7) is 2.75. The molecular weight excluding hydrogens is 275 g/mol. The van der Waals surface area contributed by atoms with Gasteiger partial charge in [0.1, 0.15) is 12.0 Å². The Kier molecular flexibility index (Phi) is 3.94.